The van der Waals surface area contributed by atoms with Gasteiger partial charge in [-0.15, -0.1) is 0 Å². The maximum atomic E-state index is 12.1. The van der Waals surface area contributed by atoms with Crippen molar-refractivity contribution in [3.8, 4) is 0 Å². The summed E-state index contributed by atoms with van der Waals surface area (Å²) in [5.41, 5.74) is 7.97. The zero-order valence-corrected chi connectivity index (χ0v) is 12.8. The summed E-state index contributed by atoms with van der Waals surface area (Å²) in [5.74, 6) is -0.373. The number of carbonyl (C=O) groups excluding carboxylic acids is 1. The van der Waals surface area contributed by atoms with Gasteiger partial charge in [-0.1, -0.05) is 80.2 Å². The molecule has 0 amide bonds. The van der Waals surface area contributed by atoms with E-state index in [1.165, 1.54) is 0 Å². The summed E-state index contributed by atoms with van der Waals surface area (Å²) >= 11 is 0. The molecular weight excluding hydrogens is 298 g/mol. The van der Waals surface area contributed by atoms with Crippen molar-refractivity contribution in [3.05, 3.63) is 83.9 Å². The topological polar surface area (TPSA) is 52.3 Å². The van der Waals surface area contributed by atoms with Gasteiger partial charge in [0.15, 0.2) is 0 Å². The molecule has 124 valence electrons. The van der Waals surface area contributed by atoms with E-state index in [4.69, 9.17) is 10.5 Å². The van der Waals surface area contributed by atoms with Gasteiger partial charge in [-0.05, 0) is 28.3 Å². The lowest BCUT2D eigenvalue weighted by Crippen LogP contribution is -2.34. The van der Waals surface area contributed by atoms with Crippen molar-refractivity contribution in [2.75, 3.05) is 0 Å². The molecule has 0 saturated heterocycles. The molecule has 0 spiro atoms. The Balaban J connectivity index is 0.00000208. The third-order valence-corrected chi connectivity index (χ3v) is 3.85. The molecule has 0 unspecified atom stereocenters. The van der Waals surface area contributed by atoms with Crippen LogP contribution in [0.25, 0.3) is 10.8 Å². The molecule has 0 aliphatic rings. The third kappa shape index (κ3) is 4.21. The molecule has 3 aromatic carbocycles. The van der Waals surface area contributed by atoms with Gasteiger partial charge in [0.05, 0.1) is 0 Å². The predicted molar refractivity (Wildman–Crippen MR) is 98.6 cm³/mol. The molecule has 3 aromatic rings. The van der Waals surface area contributed by atoms with Crippen molar-refractivity contribution in [1.82, 2.24) is 0 Å². The van der Waals surface area contributed by atoms with Crippen molar-refractivity contribution in [1.29, 1.82) is 0 Å². The first-order valence-corrected chi connectivity index (χ1v) is 7.67. The Bertz CT molecular complexity index is 794. The summed E-state index contributed by atoms with van der Waals surface area (Å²) < 4.78 is 5.41. The molecule has 0 fully saturated rings. The Morgan fingerprint density at radius 2 is 1.58 bits per heavy atom. The van der Waals surface area contributed by atoms with Gasteiger partial charge in [0.1, 0.15) is 12.6 Å². The zero-order chi connectivity index (χ0) is 16.1. The highest BCUT2D eigenvalue weighted by atomic mass is 16.5. The van der Waals surface area contributed by atoms with Crippen molar-refractivity contribution < 1.29 is 9.53 Å². The first-order chi connectivity index (χ1) is 11.2. The number of esters is 1. The number of rotatable bonds is 5. The SMILES string of the molecule is C.N[C@@H](Cc1ccccc1)C(=O)OCc1cccc2ccccc12. The van der Waals surface area contributed by atoms with Crippen LogP contribution >= 0.6 is 0 Å². The van der Waals surface area contributed by atoms with Gasteiger partial charge in [0, 0.05) is 0 Å². The van der Waals surface area contributed by atoms with Crippen LogP contribution in [0.1, 0.15) is 18.6 Å². The number of hydrogen-bond acceptors (Lipinski definition) is 3. The molecule has 0 heterocycles. The molecule has 0 saturated carbocycles. The molecular formula is C21H23NO2. The first kappa shape index (κ1) is 17.7. The fourth-order valence-electron chi connectivity index (χ4n) is 2.63. The molecule has 3 nitrogen and oxygen atoms in total. The Morgan fingerprint density at radius 3 is 2.38 bits per heavy atom. The third-order valence-electron chi connectivity index (χ3n) is 3.85. The van der Waals surface area contributed by atoms with Crippen LogP contribution < -0.4 is 5.73 Å². The summed E-state index contributed by atoms with van der Waals surface area (Å²) in [7, 11) is 0. The Labute approximate surface area is 143 Å². The van der Waals surface area contributed by atoms with Crippen molar-refractivity contribution in [2.24, 2.45) is 5.73 Å². The average Bonchev–Trinajstić information content (AvgIpc) is 2.60. The Hall–Kier alpha value is -2.65. The second-order valence-corrected chi connectivity index (χ2v) is 5.54. The van der Waals surface area contributed by atoms with Gasteiger partial charge in [0.25, 0.3) is 0 Å². The van der Waals surface area contributed by atoms with E-state index in [-0.39, 0.29) is 20.0 Å². The van der Waals surface area contributed by atoms with Gasteiger partial charge in [-0.25, -0.2) is 0 Å². The van der Waals surface area contributed by atoms with Crippen LogP contribution in [0.3, 0.4) is 0 Å². The lowest BCUT2D eigenvalue weighted by Gasteiger charge is -2.12. The van der Waals surface area contributed by atoms with Crippen LogP contribution in [0.4, 0.5) is 0 Å². The van der Waals surface area contributed by atoms with Crippen LogP contribution in [0.15, 0.2) is 72.8 Å². The van der Waals surface area contributed by atoms with Crippen LogP contribution in [-0.2, 0) is 22.6 Å². The van der Waals surface area contributed by atoms with Crippen LogP contribution in [0, 0.1) is 0 Å². The smallest absolute Gasteiger partial charge is 0.323 e. The number of nitrogens with two attached hydrogens (primary N) is 1. The summed E-state index contributed by atoms with van der Waals surface area (Å²) in [6, 6.07) is 23.1. The van der Waals surface area contributed by atoms with E-state index in [0.29, 0.717) is 6.42 Å². The minimum Gasteiger partial charge on any atom is -0.460 e. The number of carbonyl (C=O) groups is 1. The summed E-state index contributed by atoms with van der Waals surface area (Å²) in [5, 5.41) is 2.23. The van der Waals surface area contributed by atoms with Gasteiger partial charge >= 0.3 is 5.97 Å². The van der Waals surface area contributed by atoms with E-state index in [2.05, 4.69) is 0 Å². The van der Waals surface area contributed by atoms with E-state index >= 15 is 0 Å². The van der Waals surface area contributed by atoms with E-state index in [1.807, 2.05) is 72.8 Å². The molecule has 3 heteroatoms. The normalized spacial score (nSPS) is 11.5. The Morgan fingerprint density at radius 1 is 0.917 bits per heavy atom. The quantitative estimate of drug-likeness (QED) is 0.720. The molecule has 0 aliphatic heterocycles. The van der Waals surface area contributed by atoms with E-state index in [0.717, 1.165) is 21.9 Å². The highest BCUT2D eigenvalue weighted by Crippen LogP contribution is 2.19. The monoisotopic (exact) mass is 321 g/mol. The predicted octanol–water partition coefficient (Wildman–Crippen LogP) is 4.09. The lowest BCUT2D eigenvalue weighted by molar-refractivity contribution is -0.146. The first-order valence-electron chi connectivity index (χ1n) is 7.67. The van der Waals surface area contributed by atoms with E-state index in [9.17, 15) is 4.79 Å². The van der Waals surface area contributed by atoms with Gasteiger partial charge in [0.2, 0.25) is 0 Å². The average molecular weight is 321 g/mol. The molecule has 2 N–H and O–H groups in total. The molecule has 0 aromatic heterocycles. The largest absolute Gasteiger partial charge is 0.460 e. The zero-order valence-electron chi connectivity index (χ0n) is 12.8. The molecule has 3 rings (SSSR count). The van der Waals surface area contributed by atoms with Gasteiger partial charge in [-0.3, -0.25) is 4.79 Å². The summed E-state index contributed by atoms with van der Waals surface area (Å²) in [6.07, 6.45) is 0.481. The highest BCUT2D eigenvalue weighted by molar-refractivity contribution is 5.85. The maximum absolute atomic E-state index is 12.1. The fourth-order valence-corrected chi connectivity index (χ4v) is 2.63. The van der Waals surface area contributed by atoms with Crippen molar-refractivity contribution in [3.63, 3.8) is 0 Å². The van der Waals surface area contributed by atoms with Gasteiger partial charge < -0.3 is 10.5 Å². The summed E-state index contributed by atoms with van der Waals surface area (Å²) in [6.45, 7) is 0.239. The maximum Gasteiger partial charge on any atom is 0.323 e. The second-order valence-electron chi connectivity index (χ2n) is 5.54. The molecule has 0 radical (unpaired) electrons. The van der Waals surface area contributed by atoms with Crippen molar-refractivity contribution in [2.45, 2.75) is 26.5 Å². The van der Waals surface area contributed by atoms with E-state index < -0.39 is 6.04 Å². The molecule has 1 atom stereocenters. The summed E-state index contributed by atoms with van der Waals surface area (Å²) in [4.78, 5) is 12.1. The van der Waals surface area contributed by atoms with Crippen LogP contribution in [0.5, 0.6) is 0 Å². The Kier molecular flexibility index (Phi) is 6.10. The lowest BCUT2D eigenvalue weighted by atomic mass is 10.1. The fraction of sp³-hybridized carbons (Fsp3) is 0.190. The minimum atomic E-state index is -0.646. The number of ether oxygens (including phenoxy) is 1. The number of fused-ring (bicyclic) bond motifs is 1. The molecule has 24 heavy (non-hydrogen) atoms. The second kappa shape index (κ2) is 8.27. The van der Waals surface area contributed by atoms with Crippen LogP contribution in [-0.4, -0.2) is 12.0 Å². The molecule has 0 bridgehead atoms. The van der Waals surface area contributed by atoms with Crippen molar-refractivity contribution >= 4 is 16.7 Å². The van der Waals surface area contributed by atoms with Crippen LogP contribution in [0.2, 0.25) is 0 Å². The number of benzene rings is 3. The number of hydrogen-bond donors (Lipinski definition) is 1. The van der Waals surface area contributed by atoms with E-state index in [1.54, 1.807) is 0 Å². The molecule has 0 aliphatic carbocycles. The standard InChI is InChI=1S/C20H19NO2.CH4/c21-19(13-15-7-2-1-3-8-15)20(22)23-14-17-11-6-10-16-9-4-5-12-18(16)17;/h1-12,19H,13-14,21H2;1H4/t19-;/m0./s1. The minimum absolute atomic E-state index is 0. The van der Waals surface area contributed by atoms with Gasteiger partial charge in [-0.2, -0.15) is 0 Å². The highest BCUT2D eigenvalue weighted by Gasteiger charge is 2.16.